The van der Waals surface area contributed by atoms with Crippen LogP contribution >= 0.6 is 11.8 Å². The number of carbonyl (C=O) groups excluding carboxylic acids is 1. The molecule has 0 aromatic rings. The maximum atomic E-state index is 11.8. The smallest absolute Gasteiger partial charge is 0.315 e. The lowest BCUT2D eigenvalue weighted by atomic mass is 9.74. The number of urea groups is 1. The van der Waals surface area contributed by atoms with Gasteiger partial charge in [-0.25, -0.2) is 4.79 Å². The normalized spacial score (nSPS) is 12.1. The Hall–Kier alpha value is -0.910. The molecule has 3 N–H and O–H groups in total. The minimum absolute atomic E-state index is 0.311. The minimum Gasteiger partial charge on any atom is -0.481 e. The number of hydrogen-bond acceptors (Lipinski definition) is 3. The van der Waals surface area contributed by atoms with Crippen molar-refractivity contribution in [2.45, 2.75) is 52.5 Å². The van der Waals surface area contributed by atoms with Gasteiger partial charge in [0.1, 0.15) is 0 Å². The largest absolute Gasteiger partial charge is 0.481 e. The van der Waals surface area contributed by atoms with Gasteiger partial charge in [-0.05, 0) is 52.5 Å². The van der Waals surface area contributed by atoms with Crippen LogP contribution in [0.25, 0.3) is 0 Å². The molecule has 0 aromatic heterocycles. The zero-order chi connectivity index (χ0) is 15.8. The van der Waals surface area contributed by atoms with Crippen molar-refractivity contribution in [1.82, 2.24) is 10.6 Å². The highest BCUT2D eigenvalue weighted by atomic mass is 32.2. The summed E-state index contributed by atoms with van der Waals surface area (Å²) >= 11 is 1.82. The van der Waals surface area contributed by atoms with E-state index in [0.29, 0.717) is 6.54 Å². The van der Waals surface area contributed by atoms with E-state index in [1.165, 1.54) is 0 Å². The summed E-state index contributed by atoms with van der Waals surface area (Å²) < 4.78 is 0. The summed E-state index contributed by atoms with van der Waals surface area (Å²) in [4.78, 5) is 23.0. The van der Waals surface area contributed by atoms with Crippen molar-refractivity contribution in [1.29, 1.82) is 0 Å². The molecule has 0 aliphatic heterocycles. The number of rotatable bonds is 9. The van der Waals surface area contributed by atoms with E-state index >= 15 is 0 Å². The first-order valence-corrected chi connectivity index (χ1v) is 8.33. The molecule has 0 aliphatic carbocycles. The van der Waals surface area contributed by atoms with E-state index in [2.05, 4.69) is 16.9 Å². The second-order valence-electron chi connectivity index (χ2n) is 5.99. The fraction of sp³-hybridized carbons (Fsp3) is 0.857. The van der Waals surface area contributed by atoms with E-state index in [0.717, 1.165) is 25.0 Å². The van der Waals surface area contributed by atoms with E-state index < -0.39 is 16.9 Å². The average Bonchev–Trinajstić information content (AvgIpc) is 2.32. The molecule has 118 valence electrons. The maximum absolute atomic E-state index is 11.8. The van der Waals surface area contributed by atoms with E-state index in [1.54, 1.807) is 27.7 Å². The summed E-state index contributed by atoms with van der Waals surface area (Å²) in [7, 11) is 0. The van der Waals surface area contributed by atoms with Gasteiger partial charge in [0.25, 0.3) is 0 Å². The average molecular weight is 304 g/mol. The molecule has 2 amide bonds. The van der Waals surface area contributed by atoms with Crippen LogP contribution in [0.2, 0.25) is 0 Å². The van der Waals surface area contributed by atoms with Gasteiger partial charge < -0.3 is 15.7 Å². The molecule has 0 bridgehead atoms. The third-order valence-electron chi connectivity index (χ3n) is 3.83. The van der Waals surface area contributed by atoms with Gasteiger partial charge in [-0.3, -0.25) is 4.79 Å². The van der Waals surface area contributed by atoms with Crippen LogP contribution in [0.5, 0.6) is 0 Å². The Morgan fingerprint density at radius 3 is 2.20 bits per heavy atom. The molecule has 20 heavy (non-hydrogen) atoms. The Morgan fingerprint density at radius 1 is 1.10 bits per heavy atom. The summed E-state index contributed by atoms with van der Waals surface area (Å²) in [5, 5.41) is 14.7. The minimum atomic E-state index is -1.04. The molecule has 6 heteroatoms. The Kier molecular flexibility index (Phi) is 8.01. The number of amides is 2. The van der Waals surface area contributed by atoms with Crippen LogP contribution in [0.15, 0.2) is 0 Å². The quantitative estimate of drug-likeness (QED) is 0.572. The van der Waals surface area contributed by atoms with Crippen molar-refractivity contribution in [3.05, 3.63) is 0 Å². The zero-order valence-corrected chi connectivity index (χ0v) is 14.0. The maximum Gasteiger partial charge on any atom is 0.315 e. The molecule has 0 rings (SSSR count). The molecule has 0 saturated carbocycles. The lowest BCUT2D eigenvalue weighted by Crippen LogP contribution is -2.59. The lowest BCUT2D eigenvalue weighted by Gasteiger charge is -2.38. The molecule has 0 heterocycles. The van der Waals surface area contributed by atoms with Crippen LogP contribution in [0.3, 0.4) is 0 Å². The van der Waals surface area contributed by atoms with Gasteiger partial charge in [0.15, 0.2) is 0 Å². The molecule has 0 atom stereocenters. The van der Waals surface area contributed by atoms with E-state index in [-0.39, 0.29) is 6.03 Å². The molecule has 0 aliphatic rings. The van der Waals surface area contributed by atoms with Crippen LogP contribution in [0.1, 0.15) is 47.0 Å². The summed E-state index contributed by atoms with van der Waals surface area (Å²) in [5.74, 6) is 0.214. The van der Waals surface area contributed by atoms with E-state index in [4.69, 9.17) is 0 Å². The van der Waals surface area contributed by atoms with Crippen LogP contribution < -0.4 is 10.6 Å². The first-order valence-electron chi connectivity index (χ1n) is 6.93. The Labute approximate surface area is 126 Å². The number of carbonyl (C=O) groups is 2. The van der Waals surface area contributed by atoms with Crippen molar-refractivity contribution in [2.75, 3.05) is 18.6 Å². The molecule has 0 unspecified atom stereocenters. The first-order chi connectivity index (χ1) is 9.15. The number of aliphatic carboxylic acids is 1. The Morgan fingerprint density at radius 2 is 1.70 bits per heavy atom. The van der Waals surface area contributed by atoms with Gasteiger partial charge in [0, 0.05) is 6.54 Å². The molecule has 0 saturated heterocycles. The molecular formula is C14H28N2O3S. The third kappa shape index (κ3) is 6.03. The SMILES string of the molecule is CSCCCCCNC(=O)NC(C)(C)C(C)(C)C(=O)O. The highest BCUT2D eigenvalue weighted by Crippen LogP contribution is 2.30. The third-order valence-corrected chi connectivity index (χ3v) is 4.53. The van der Waals surface area contributed by atoms with Crippen molar-refractivity contribution in [3.63, 3.8) is 0 Å². The van der Waals surface area contributed by atoms with Gasteiger partial charge in [-0.2, -0.15) is 11.8 Å². The number of thioether (sulfide) groups is 1. The Bertz CT molecular complexity index is 330. The zero-order valence-electron chi connectivity index (χ0n) is 13.2. The van der Waals surface area contributed by atoms with Gasteiger partial charge in [0.05, 0.1) is 11.0 Å². The van der Waals surface area contributed by atoms with Crippen molar-refractivity contribution in [3.8, 4) is 0 Å². The molecule has 0 spiro atoms. The molecule has 0 fully saturated rings. The summed E-state index contributed by atoms with van der Waals surface area (Å²) in [5.41, 5.74) is -1.87. The fourth-order valence-corrected chi connectivity index (χ4v) is 1.99. The summed E-state index contributed by atoms with van der Waals surface area (Å²) in [6.07, 6.45) is 5.27. The topological polar surface area (TPSA) is 78.4 Å². The number of carboxylic acids is 1. The first kappa shape index (κ1) is 19.1. The molecular weight excluding hydrogens is 276 g/mol. The van der Waals surface area contributed by atoms with Gasteiger partial charge in [0.2, 0.25) is 0 Å². The second kappa shape index (κ2) is 8.39. The standard InChI is InChI=1S/C14H28N2O3S/c1-13(2,11(17)18)14(3,4)16-12(19)15-9-7-6-8-10-20-5/h6-10H2,1-5H3,(H,17,18)(H2,15,16,19). The monoisotopic (exact) mass is 304 g/mol. The molecule has 0 aromatic carbocycles. The number of hydrogen-bond donors (Lipinski definition) is 3. The highest BCUT2D eigenvalue weighted by molar-refractivity contribution is 7.98. The summed E-state index contributed by atoms with van der Waals surface area (Å²) in [6.45, 7) is 7.28. The molecule has 0 radical (unpaired) electrons. The van der Waals surface area contributed by atoms with Crippen molar-refractivity contribution >= 4 is 23.8 Å². The van der Waals surface area contributed by atoms with Crippen LogP contribution in [0.4, 0.5) is 4.79 Å². The number of unbranched alkanes of at least 4 members (excludes halogenated alkanes) is 2. The lowest BCUT2D eigenvalue weighted by molar-refractivity contribution is -0.150. The Balaban J connectivity index is 4.10. The van der Waals surface area contributed by atoms with Crippen LogP contribution in [0, 0.1) is 5.41 Å². The van der Waals surface area contributed by atoms with Crippen molar-refractivity contribution < 1.29 is 14.7 Å². The fourth-order valence-electron chi connectivity index (χ4n) is 1.50. The van der Waals surface area contributed by atoms with Gasteiger partial charge in [-0.1, -0.05) is 6.42 Å². The predicted molar refractivity (Wildman–Crippen MR) is 84.3 cm³/mol. The summed E-state index contributed by atoms with van der Waals surface area (Å²) in [6, 6.07) is -0.311. The van der Waals surface area contributed by atoms with Gasteiger partial charge >= 0.3 is 12.0 Å². The van der Waals surface area contributed by atoms with Gasteiger partial charge in [-0.15, -0.1) is 0 Å². The van der Waals surface area contributed by atoms with Crippen LogP contribution in [-0.2, 0) is 4.79 Å². The van der Waals surface area contributed by atoms with E-state index in [1.807, 2.05) is 11.8 Å². The second-order valence-corrected chi connectivity index (χ2v) is 6.98. The highest BCUT2D eigenvalue weighted by Gasteiger charge is 2.44. The van der Waals surface area contributed by atoms with E-state index in [9.17, 15) is 14.7 Å². The molecule has 5 nitrogen and oxygen atoms in total. The predicted octanol–water partition coefficient (Wildman–Crippen LogP) is 2.71. The number of carboxylic acid groups (broad SMARTS) is 1. The van der Waals surface area contributed by atoms with Crippen LogP contribution in [-0.4, -0.2) is 41.2 Å². The number of nitrogens with one attached hydrogen (secondary N) is 2. The van der Waals surface area contributed by atoms with Crippen molar-refractivity contribution in [2.24, 2.45) is 5.41 Å².